The van der Waals surface area contributed by atoms with Gasteiger partial charge in [-0.3, -0.25) is 4.79 Å². The number of hydrogen-bond donors (Lipinski definition) is 3. The molecule has 9 heteroatoms. The Hall–Kier alpha value is -2.16. The Bertz CT molecular complexity index is 761. The van der Waals surface area contributed by atoms with Crippen molar-refractivity contribution in [3.05, 3.63) is 27.9 Å². The number of carboxylic acid groups (broad SMARTS) is 1. The van der Waals surface area contributed by atoms with Crippen LogP contribution in [0.3, 0.4) is 0 Å². The van der Waals surface area contributed by atoms with Crippen LogP contribution in [0.25, 0.3) is 10.9 Å². The van der Waals surface area contributed by atoms with Gasteiger partial charge >= 0.3 is 12.4 Å². The van der Waals surface area contributed by atoms with Crippen LogP contribution in [-0.2, 0) is 11.2 Å². The Morgan fingerprint density at radius 2 is 2.13 bits per heavy atom. The van der Waals surface area contributed by atoms with Crippen LogP contribution in [0.1, 0.15) is 16.1 Å². The molecule has 0 atom stereocenters. The number of carboxylic acids is 1. The molecule has 2 aromatic rings. The maximum Gasteiger partial charge on any atom is 0.352 e. The molecule has 0 spiro atoms. The highest BCUT2D eigenvalue weighted by Crippen LogP contribution is 2.33. The summed E-state index contributed by atoms with van der Waals surface area (Å²) >= 11 is 3.30. The van der Waals surface area contributed by atoms with E-state index in [0.29, 0.717) is 26.7 Å². The third kappa shape index (κ3) is 3.61. The highest BCUT2D eigenvalue weighted by atomic mass is 79.9. The number of benzene rings is 1. The number of hydrogen-bond acceptors (Lipinski definition) is 3. The molecule has 0 radical (unpaired) electrons. The van der Waals surface area contributed by atoms with Gasteiger partial charge in [0.05, 0.1) is 11.6 Å². The molecule has 124 valence electrons. The van der Waals surface area contributed by atoms with Gasteiger partial charge in [-0.1, -0.05) is 0 Å². The lowest BCUT2D eigenvalue weighted by Crippen LogP contribution is -2.31. The van der Waals surface area contributed by atoms with E-state index in [-0.39, 0.29) is 18.7 Å². The average Bonchev–Trinajstić information content (AvgIpc) is 2.84. The number of aromatic amines is 1. The first-order valence-corrected chi connectivity index (χ1v) is 7.31. The second-order valence-electron chi connectivity index (χ2n) is 4.66. The molecule has 0 saturated carbocycles. The van der Waals surface area contributed by atoms with E-state index in [1.165, 1.54) is 7.11 Å². The minimum absolute atomic E-state index is 0.0496. The first kappa shape index (κ1) is 17.2. The van der Waals surface area contributed by atoms with Crippen LogP contribution in [0.15, 0.2) is 16.6 Å². The van der Waals surface area contributed by atoms with E-state index in [4.69, 9.17) is 4.74 Å². The van der Waals surface area contributed by atoms with Gasteiger partial charge < -0.3 is 20.1 Å². The predicted octanol–water partition coefficient (Wildman–Crippen LogP) is 2.56. The third-order valence-electron chi connectivity index (χ3n) is 3.26. The monoisotopic (exact) mass is 390 g/mol. The van der Waals surface area contributed by atoms with Crippen molar-refractivity contribution in [2.45, 2.75) is 12.8 Å². The molecule has 0 aliphatic rings. The normalized spacial score (nSPS) is 11.0. The van der Waals surface area contributed by atoms with Gasteiger partial charge in [-0.2, -0.15) is 8.78 Å². The summed E-state index contributed by atoms with van der Waals surface area (Å²) in [5.41, 5.74) is 0.921. The van der Waals surface area contributed by atoms with Gasteiger partial charge in [0.1, 0.15) is 11.4 Å². The van der Waals surface area contributed by atoms with Gasteiger partial charge in [-0.25, -0.2) is 4.79 Å². The molecule has 0 saturated heterocycles. The molecule has 0 aliphatic carbocycles. The van der Waals surface area contributed by atoms with Crippen molar-refractivity contribution in [3.63, 3.8) is 0 Å². The first-order valence-electron chi connectivity index (χ1n) is 6.52. The Morgan fingerprint density at radius 1 is 1.43 bits per heavy atom. The molecule has 3 N–H and O–H groups in total. The fourth-order valence-electron chi connectivity index (χ4n) is 2.24. The van der Waals surface area contributed by atoms with Crippen molar-refractivity contribution < 1.29 is 28.2 Å². The van der Waals surface area contributed by atoms with Crippen LogP contribution >= 0.6 is 15.9 Å². The molecule has 1 aromatic carbocycles. The minimum Gasteiger partial charge on any atom is -0.496 e. The number of carbonyl (C=O) groups is 2. The smallest absolute Gasteiger partial charge is 0.352 e. The van der Waals surface area contributed by atoms with Crippen LogP contribution < -0.4 is 10.1 Å². The van der Waals surface area contributed by atoms with E-state index in [1.807, 2.05) is 0 Å². The Morgan fingerprint density at radius 3 is 2.70 bits per heavy atom. The number of H-pyrrole nitrogens is 1. The molecule has 0 aliphatic heterocycles. The number of alkyl halides is 2. The number of ether oxygens (including phenoxy) is 1. The molecule has 0 fully saturated rings. The molecule has 2 rings (SSSR count). The van der Waals surface area contributed by atoms with E-state index in [2.05, 4.69) is 26.2 Å². The minimum atomic E-state index is -3.10. The Labute approximate surface area is 137 Å². The maximum absolute atomic E-state index is 12.2. The van der Waals surface area contributed by atoms with E-state index in [9.17, 15) is 23.5 Å². The van der Waals surface area contributed by atoms with Gasteiger partial charge in [0.2, 0.25) is 0 Å². The van der Waals surface area contributed by atoms with Gasteiger partial charge in [0.15, 0.2) is 0 Å². The number of fused-ring (bicyclic) bond motifs is 1. The number of halogens is 3. The predicted molar refractivity (Wildman–Crippen MR) is 82.2 cm³/mol. The number of rotatable bonds is 6. The third-order valence-corrected chi connectivity index (χ3v) is 3.88. The summed E-state index contributed by atoms with van der Waals surface area (Å²) in [6.45, 7) is -0.102. The van der Waals surface area contributed by atoms with Crippen molar-refractivity contribution >= 4 is 38.7 Å². The molecule has 1 amide bonds. The zero-order chi connectivity index (χ0) is 17.1. The number of aromatic carboxylic acids is 1. The molecular formula is C14H13BrF2N2O4. The first-order chi connectivity index (χ1) is 10.8. The second kappa shape index (κ2) is 6.95. The Balaban J connectivity index is 2.37. The maximum atomic E-state index is 12.2. The van der Waals surface area contributed by atoms with Gasteiger partial charge in [0, 0.05) is 17.4 Å². The number of methoxy groups -OCH3 is 1. The summed E-state index contributed by atoms with van der Waals surface area (Å²) in [6.07, 6.45) is -3.02. The summed E-state index contributed by atoms with van der Waals surface area (Å²) < 4.78 is 30.1. The molecule has 1 aromatic heterocycles. The summed E-state index contributed by atoms with van der Waals surface area (Å²) in [7, 11) is 1.47. The van der Waals surface area contributed by atoms with Gasteiger partial charge in [-0.15, -0.1) is 0 Å². The SMILES string of the molecule is COc1cc2c(CCNC(=O)C(F)F)c(C(=O)O)[nH]c2cc1Br. The lowest BCUT2D eigenvalue weighted by Gasteiger charge is -2.06. The zero-order valence-electron chi connectivity index (χ0n) is 12.0. The fraction of sp³-hybridized carbons (Fsp3) is 0.286. The number of nitrogens with one attached hydrogen (secondary N) is 2. The summed E-state index contributed by atoms with van der Waals surface area (Å²) in [6, 6.07) is 3.31. The quantitative estimate of drug-likeness (QED) is 0.706. The number of aromatic nitrogens is 1. The molecular weight excluding hydrogens is 378 g/mol. The topological polar surface area (TPSA) is 91.4 Å². The van der Waals surface area contributed by atoms with Crippen molar-refractivity contribution in [1.29, 1.82) is 0 Å². The van der Waals surface area contributed by atoms with Crippen LogP contribution in [0.2, 0.25) is 0 Å². The molecule has 6 nitrogen and oxygen atoms in total. The molecule has 23 heavy (non-hydrogen) atoms. The Kier molecular flexibility index (Phi) is 5.19. The highest BCUT2D eigenvalue weighted by molar-refractivity contribution is 9.10. The summed E-state index contributed by atoms with van der Waals surface area (Å²) in [5.74, 6) is -2.06. The lowest BCUT2D eigenvalue weighted by atomic mass is 10.1. The van der Waals surface area contributed by atoms with Crippen LogP contribution in [-0.4, -0.2) is 42.0 Å². The largest absolute Gasteiger partial charge is 0.496 e. The molecule has 0 bridgehead atoms. The molecule has 0 unspecified atom stereocenters. The second-order valence-corrected chi connectivity index (χ2v) is 5.51. The van der Waals surface area contributed by atoms with E-state index >= 15 is 0 Å². The van der Waals surface area contributed by atoms with Crippen LogP contribution in [0, 0.1) is 0 Å². The lowest BCUT2D eigenvalue weighted by molar-refractivity contribution is -0.131. The van der Waals surface area contributed by atoms with E-state index < -0.39 is 18.3 Å². The fourth-order valence-corrected chi connectivity index (χ4v) is 2.74. The van der Waals surface area contributed by atoms with Crippen LogP contribution in [0.5, 0.6) is 5.75 Å². The molecule has 1 heterocycles. The van der Waals surface area contributed by atoms with E-state index in [1.54, 1.807) is 12.1 Å². The summed E-state index contributed by atoms with van der Waals surface area (Å²) in [5, 5.41) is 11.9. The number of amides is 1. The van der Waals surface area contributed by atoms with Crippen molar-refractivity contribution in [2.24, 2.45) is 0 Å². The average molecular weight is 391 g/mol. The van der Waals surface area contributed by atoms with Gasteiger partial charge in [-0.05, 0) is 40.0 Å². The highest BCUT2D eigenvalue weighted by Gasteiger charge is 2.20. The van der Waals surface area contributed by atoms with E-state index in [0.717, 1.165) is 0 Å². The van der Waals surface area contributed by atoms with Crippen molar-refractivity contribution in [3.8, 4) is 5.75 Å². The summed E-state index contributed by atoms with van der Waals surface area (Å²) in [4.78, 5) is 25.0. The standard InChI is InChI=1S/C14H13BrF2N2O4/c1-23-10-4-7-6(2-3-18-13(20)12(16)17)11(14(21)22)19-9(7)5-8(10)15/h4-5,12,19H,2-3H2,1H3,(H,18,20)(H,21,22). The zero-order valence-corrected chi connectivity index (χ0v) is 13.5. The van der Waals surface area contributed by atoms with Gasteiger partial charge in [0.25, 0.3) is 5.91 Å². The van der Waals surface area contributed by atoms with Crippen molar-refractivity contribution in [2.75, 3.05) is 13.7 Å². The van der Waals surface area contributed by atoms with Crippen molar-refractivity contribution in [1.82, 2.24) is 10.3 Å². The number of carbonyl (C=O) groups excluding carboxylic acids is 1. The van der Waals surface area contributed by atoms with Crippen LogP contribution in [0.4, 0.5) is 8.78 Å².